The van der Waals surface area contributed by atoms with Crippen LogP contribution < -0.4 is 5.32 Å². The van der Waals surface area contributed by atoms with E-state index in [-0.39, 0.29) is 18.9 Å². The lowest BCUT2D eigenvalue weighted by Gasteiger charge is -2.48. The molecule has 3 aliphatic rings. The van der Waals surface area contributed by atoms with E-state index in [1.54, 1.807) is 0 Å². The number of allylic oxidation sites excluding steroid dienone is 4. The van der Waals surface area contributed by atoms with Crippen molar-refractivity contribution in [2.75, 3.05) is 26.4 Å². The molecule has 0 bridgehead atoms. The van der Waals surface area contributed by atoms with Gasteiger partial charge in [-0.05, 0) is 44.9 Å². The van der Waals surface area contributed by atoms with Crippen molar-refractivity contribution in [3.8, 4) is 0 Å². The molecule has 3 fully saturated rings. The van der Waals surface area contributed by atoms with E-state index < -0.39 is 124 Å². The normalized spacial score (nSPS) is 33.3. The van der Waals surface area contributed by atoms with Crippen molar-refractivity contribution in [2.45, 2.75) is 253 Å². The summed E-state index contributed by atoms with van der Waals surface area (Å²) in [5.74, 6) is -0.259. The summed E-state index contributed by atoms with van der Waals surface area (Å²) in [4.78, 5) is 13.1. The largest absolute Gasteiger partial charge is 0.394 e. The second-order valence-electron chi connectivity index (χ2n) is 18.6. The number of rotatable bonds is 35. The number of hydrogen-bond acceptors (Lipinski definition) is 18. The van der Waals surface area contributed by atoms with Gasteiger partial charge in [0.1, 0.15) is 73.2 Å². The molecule has 0 aromatic heterocycles. The van der Waals surface area contributed by atoms with Gasteiger partial charge in [-0.25, -0.2) is 0 Å². The van der Waals surface area contributed by atoms with Crippen LogP contribution in [0.5, 0.6) is 0 Å². The number of aliphatic hydroxyl groups is 11. The Morgan fingerprint density at radius 3 is 1.51 bits per heavy atom. The number of unbranched alkanes of at least 4 members (excludes halogenated alkanes) is 15. The van der Waals surface area contributed by atoms with Gasteiger partial charge in [-0.2, -0.15) is 0 Å². The SMILES string of the molecule is CCCCC/C=C\C/C=C\CCCCCCCCCCCC(=O)NC(COC1OC(CO)C(OC2OC(CO)C(OC3OC(CO)C(O)C(O)C3O)C(O)C2O)C(O)C1O)C(O)CCCCCC. The third kappa shape index (κ3) is 20.4. The lowest BCUT2D eigenvalue weighted by atomic mass is 9.96. The lowest BCUT2D eigenvalue weighted by Crippen LogP contribution is -2.66. The minimum absolute atomic E-state index is 0.259. The van der Waals surface area contributed by atoms with Gasteiger partial charge in [0.05, 0.1) is 38.6 Å². The number of amides is 1. The Hall–Kier alpha value is -1.73. The van der Waals surface area contributed by atoms with E-state index in [1.807, 2.05) is 0 Å². The predicted octanol–water partition coefficient (Wildman–Crippen LogP) is 1.64. The molecule has 3 rings (SSSR count). The molecule has 17 atom stereocenters. The summed E-state index contributed by atoms with van der Waals surface area (Å²) in [6.07, 6.45) is 3.74. The molecule has 0 spiro atoms. The van der Waals surface area contributed by atoms with Gasteiger partial charge >= 0.3 is 0 Å². The molecule has 0 saturated carbocycles. The minimum Gasteiger partial charge on any atom is -0.394 e. The Labute approximate surface area is 403 Å². The van der Waals surface area contributed by atoms with Crippen LogP contribution >= 0.6 is 0 Å². The van der Waals surface area contributed by atoms with Crippen LogP contribution in [0.15, 0.2) is 24.3 Å². The number of nitrogens with one attached hydrogen (secondary N) is 1. The molecule has 12 N–H and O–H groups in total. The molecule has 68 heavy (non-hydrogen) atoms. The van der Waals surface area contributed by atoms with E-state index >= 15 is 0 Å². The van der Waals surface area contributed by atoms with Gasteiger partial charge in [-0.1, -0.05) is 122 Å². The molecule has 3 saturated heterocycles. The summed E-state index contributed by atoms with van der Waals surface area (Å²) in [5.41, 5.74) is 0. The Balaban J connectivity index is 1.45. The van der Waals surface area contributed by atoms with Gasteiger partial charge in [0.15, 0.2) is 18.9 Å². The maximum atomic E-state index is 13.1. The lowest BCUT2D eigenvalue weighted by molar-refractivity contribution is -0.379. The Morgan fingerprint density at radius 1 is 0.529 bits per heavy atom. The molecular formula is C49H89NO18. The third-order valence-corrected chi connectivity index (χ3v) is 13.0. The number of aliphatic hydroxyl groups excluding tert-OH is 11. The molecule has 17 unspecified atom stereocenters. The number of ether oxygens (including phenoxy) is 6. The van der Waals surface area contributed by atoms with Crippen LogP contribution in [0.3, 0.4) is 0 Å². The highest BCUT2D eigenvalue weighted by atomic mass is 16.8. The second-order valence-corrected chi connectivity index (χ2v) is 18.6. The maximum Gasteiger partial charge on any atom is 0.220 e. The Kier molecular flexibility index (Phi) is 30.8. The van der Waals surface area contributed by atoms with Gasteiger partial charge in [-0.15, -0.1) is 0 Å². The first-order valence-corrected chi connectivity index (χ1v) is 25.6. The van der Waals surface area contributed by atoms with E-state index in [0.717, 1.165) is 51.4 Å². The van der Waals surface area contributed by atoms with Crippen molar-refractivity contribution in [3.05, 3.63) is 24.3 Å². The molecule has 1 amide bonds. The average Bonchev–Trinajstić information content (AvgIpc) is 3.33. The zero-order valence-corrected chi connectivity index (χ0v) is 40.6. The minimum atomic E-state index is -1.97. The molecule has 0 aromatic rings. The Bertz CT molecular complexity index is 1360. The third-order valence-electron chi connectivity index (χ3n) is 13.0. The molecule has 398 valence electrons. The summed E-state index contributed by atoms with van der Waals surface area (Å²) in [6.45, 7) is 1.59. The first-order valence-electron chi connectivity index (χ1n) is 25.6. The quantitative estimate of drug-likeness (QED) is 0.0317. The van der Waals surface area contributed by atoms with E-state index in [1.165, 1.54) is 57.8 Å². The fourth-order valence-corrected chi connectivity index (χ4v) is 8.69. The predicted molar refractivity (Wildman–Crippen MR) is 250 cm³/mol. The van der Waals surface area contributed by atoms with Crippen LogP contribution in [0.4, 0.5) is 0 Å². The van der Waals surface area contributed by atoms with Crippen LogP contribution in [0, 0.1) is 0 Å². The summed E-state index contributed by atoms with van der Waals surface area (Å²) in [5, 5.41) is 119. The fraction of sp³-hybridized carbons (Fsp3) is 0.898. The van der Waals surface area contributed by atoms with Gasteiger partial charge < -0.3 is 89.9 Å². The van der Waals surface area contributed by atoms with Crippen molar-refractivity contribution in [1.82, 2.24) is 5.32 Å². The van der Waals surface area contributed by atoms with Crippen molar-refractivity contribution < 1.29 is 89.4 Å². The first kappa shape index (κ1) is 60.6. The maximum absolute atomic E-state index is 13.1. The summed E-state index contributed by atoms with van der Waals surface area (Å²) in [6, 6.07) is -0.882. The topological polar surface area (TPSA) is 307 Å². The zero-order chi connectivity index (χ0) is 49.8. The molecule has 19 nitrogen and oxygen atoms in total. The summed E-state index contributed by atoms with van der Waals surface area (Å²) >= 11 is 0. The fourth-order valence-electron chi connectivity index (χ4n) is 8.69. The first-order chi connectivity index (χ1) is 32.8. The van der Waals surface area contributed by atoms with Gasteiger partial charge in [0.2, 0.25) is 5.91 Å². The van der Waals surface area contributed by atoms with Crippen LogP contribution in [-0.4, -0.2) is 193 Å². The van der Waals surface area contributed by atoms with Crippen molar-refractivity contribution >= 4 is 5.91 Å². The van der Waals surface area contributed by atoms with E-state index in [0.29, 0.717) is 19.3 Å². The van der Waals surface area contributed by atoms with Gasteiger partial charge in [-0.3, -0.25) is 4.79 Å². The number of hydrogen-bond donors (Lipinski definition) is 12. The van der Waals surface area contributed by atoms with Crippen molar-refractivity contribution in [3.63, 3.8) is 0 Å². The molecule has 0 aromatic carbocycles. The number of carbonyl (C=O) groups is 1. The van der Waals surface area contributed by atoms with E-state index in [9.17, 15) is 61.0 Å². The van der Waals surface area contributed by atoms with Gasteiger partial charge in [0, 0.05) is 6.42 Å². The second kappa shape index (κ2) is 34.6. The molecular weight excluding hydrogens is 891 g/mol. The van der Waals surface area contributed by atoms with Crippen LogP contribution in [0.2, 0.25) is 0 Å². The molecule has 0 radical (unpaired) electrons. The van der Waals surface area contributed by atoms with Crippen LogP contribution in [0.1, 0.15) is 149 Å². The van der Waals surface area contributed by atoms with E-state index in [2.05, 4.69) is 43.5 Å². The highest BCUT2D eigenvalue weighted by molar-refractivity contribution is 5.76. The average molecular weight is 980 g/mol. The number of carbonyl (C=O) groups excluding carboxylic acids is 1. The summed E-state index contributed by atoms with van der Waals surface area (Å²) in [7, 11) is 0. The standard InChI is InChI=1S/C49H89NO18/c1-3-5-7-9-10-11-12-13-14-15-16-17-18-19-20-21-22-23-25-27-37(55)50-32(33(54)26-24-8-6-4-2)31-63-47-43(61)40(58)45(35(29-52)65-47)68-49-44(62)41(59)46(36(30-53)66-49)67-48-42(60)39(57)38(56)34(28-51)64-48/h10-11,13-14,32-36,38-49,51-54,56-62H,3-9,12,15-31H2,1-2H3,(H,50,55)/b11-10-,14-13-. The highest BCUT2D eigenvalue weighted by Gasteiger charge is 2.53. The van der Waals surface area contributed by atoms with Crippen molar-refractivity contribution in [2.24, 2.45) is 0 Å². The van der Waals surface area contributed by atoms with Gasteiger partial charge in [0.25, 0.3) is 0 Å². The molecule has 3 aliphatic heterocycles. The highest BCUT2D eigenvalue weighted by Crippen LogP contribution is 2.33. The molecule has 0 aliphatic carbocycles. The van der Waals surface area contributed by atoms with Crippen molar-refractivity contribution in [1.29, 1.82) is 0 Å². The monoisotopic (exact) mass is 980 g/mol. The van der Waals surface area contributed by atoms with Crippen LogP contribution in [-0.2, 0) is 33.2 Å². The summed E-state index contributed by atoms with van der Waals surface area (Å²) < 4.78 is 34.0. The molecule has 19 heteroatoms. The molecule has 3 heterocycles. The zero-order valence-electron chi connectivity index (χ0n) is 40.6. The van der Waals surface area contributed by atoms with E-state index in [4.69, 9.17) is 28.4 Å². The smallest absolute Gasteiger partial charge is 0.220 e. The van der Waals surface area contributed by atoms with Crippen LogP contribution in [0.25, 0.3) is 0 Å². The Morgan fingerprint density at radius 2 is 0.971 bits per heavy atom.